The number of aryl methyl sites for hydroxylation is 1. The van der Waals surface area contributed by atoms with E-state index < -0.39 is 0 Å². The Hall–Kier alpha value is -1.41. The summed E-state index contributed by atoms with van der Waals surface area (Å²) in [4.78, 5) is 4.57. The van der Waals surface area contributed by atoms with Crippen molar-refractivity contribution in [2.45, 2.75) is 38.8 Å². The fourth-order valence-corrected chi connectivity index (χ4v) is 2.41. The molecule has 17 heavy (non-hydrogen) atoms. The molecule has 2 nitrogen and oxygen atoms in total. The summed E-state index contributed by atoms with van der Waals surface area (Å²) in [5.41, 5.74) is 3.59. The van der Waals surface area contributed by atoms with Crippen molar-refractivity contribution in [1.82, 2.24) is 10.3 Å². The molecule has 0 atom stereocenters. The molecule has 0 unspecified atom stereocenters. The minimum atomic E-state index is 0.738. The second kappa shape index (κ2) is 4.46. The molecule has 1 heterocycles. The number of fused-ring (bicyclic) bond motifs is 1. The molecule has 1 aliphatic rings. The SMILES string of the molecule is Cc1cc(CNC2CCC2)c2ccccc2n1. The average molecular weight is 226 g/mol. The van der Waals surface area contributed by atoms with Crippen LogP contribution in [0, 0.1) is 6.92 Å². The highest BCUT2D eigenvalue weighted by Crippen LogP contribution is 2.21. The molecule has 2 heteroatoms. The van der Waals surface area contributed by atoms with Gasteiger partial charge in [-0.15, -0.1) is 0 Å². The normalized spacial score (nSPS) is 16.1. The number of para-hydroxylation sites is 1. The zero-order valence-electron chi connectivity index (χ0n) is 10.2. The summed E-state index contributed by atoms with van der Waals surface area (Å²) in [7, 11) is 0. The maximum absolute atomic E-state index is 4.57. The van der Waals surface area contributed by atoms with Gasteiger partial charge in [0.15, 0.2) is 0 Å². The molecule has 2 aromatic rings. The fourth-order valence-electron chi connectivity index (χ4n) is 2.41. The van der Waals surface area contributed by atoms with Crippen molar-refractivity contribution in [2.75, 3.05) is 0 Å². The Morgan fingerprint density at radius 3 is 2.88 bits per heavy atom. The second-order valence-electron chi connectivity index (χ2n) is 4.95. The number of hydrogen-bond donors (Lipinski definition) is 1. The predicted molar refractivity (Wildman–Crippen MR) is 71.0 cm³/mol. The zero-order chi connectivity index (χ0) is 11.7. The Morgan fingerprint density at radius 1 is 1.29 bits per heavy atom. The minimum Gasteiger partial charge on any atom is -0.310 e. The van der Waals surface area contributed by atoms with Crippen LogP contribution in [0.5, 0.6) is 0 Å². The summed E-state index contributed by atoms with van der Waals surface area (Å²) >= 11 is 0. The van der Waals surface area contributed by atoms with E-state index in [1.54, 1.807) is 0 Å². The van der Waals surface area contributed by atoms with Crippen molar-refractivity contribution in [1.29, 1.82) is 0 Å². The number of nitrogens with one attached hydrogen (secondary N) is 1. The molecule has 3 rings (SSSR count). The van der Waals surface area contributed by atoms with Crippen LogP contribution < -0.4 is 5.32 Å². The summed E-state index contributed by atoms with van der Waals surface area (Å²) in [6, 6.07) is 11.3. The number of pyridine rings is 1. The third kappa shape index (κ3) is 2.18. The van der Waals surface area contributed by atoms with Crippen LogP contribution >= 0.6 is 0 Å². The van der Waals surface area contributed by atoms with Crippen molar-refractivity contribution in [3.63, 3.8) is 0 Å². The summed E-state index contributed by atoms with van der Waals surface area (Å²) in [6.07, 6.45) is 4.05. The Kier molecular flexibility index (Phi) is 2.81. The number of benzene rings is 1. The highest BCUT2D eigenvalue weighted by atomic mass is 14.9. The lowest BCUT2D eigenvalue weighted by Gasteiger charge is -2.26. The van der Waals surface area contributed by atoms with Crippen LogP contribution in [0.15, 0.2) is 30.3 Å². The molecule has 0 radical (unpaired) electrons. The van der Waals surface area contributed by atoms with Crippen molar-refractivity contribution >= 4 is 10.9 Å². The van der Waals surface area contributed by atoms with Gasteiger partial charge in [-0.1, -0.05) is 24.6 Å². The van der Waals surface area contributed by atoms with Gasteiger partial charge >= 0.3 is 0 Å². The minimum absolute atomic E-state index is 0.738. The Balaban J connectivity index is 1.90. The van der Waals surface area contributed by atoms with Crippen LogP contribution in [-0.2, 0) is 6.54 Å². The molecular weight excluding hydrogens is 208 g/mol. The Labute approximate surface area is 102 Å². The first kappa shape index (κ1) is 10.7. The van der Waals surface area contributed by atoms with Gasteiger partial charge in [0.2, 0.25) is 0 Å². The first-order valence-corrected chi connectivity index (χ1v) is 6.41. The van der Waals surface area contributed by atoms with Gasteiger partial charge in [-0.05, 0) is 37.5 Å². The molecule has 0 bridgehead atoms. The van der Waals surface area contributed by atoms with Crippen LogP contribution in [0.25, 0.3) is 10.9 Å². The third-order valence-corrected chi connectivity index (χ3v) is 3.62. The first-order chi connectivity index (χ1) is 8.33. The molecule has 0 amide bonds. The summed E-state index contributed by atoms with van der Waals surface area (Å²) in [5.74, 6) is 0. The van der Waals surface area contributed by atoms with Crippen molar-refractivity contribution < 1.29 is 0 Å². The van der Waals surface area contributed by atoms with Crippen molar-refractivity contribution in [2.24, 2.45) is 0 Å². The van der Waals surface area contributed by atoms with Gasteiger partial charge in [0, 0.05) is 23.7 Å². The van der Waals surface area contributed by atoms with E-state index in [9.17, 15) is 0 Å². The van der Waals surface area contributed by atoms with Crippen molar-refractivity contribution in [3.05, 3.63) is 41.6 Å². The van der Waals surface area contributed by atoms with Crippen LogP contribution in [0.2, 0.25) is 0 Å². The van der Waals surface area contributed by atoms with Crippen molar-refractivity contribution in [3.8, 4) is 0 Å². The smallest absolute Gasteiger partial charge is 0.0708 e. The van der Waals surface area contributed by atoms with E-state index in [2.05, 4.69) is 47.6 Å². The number of nitrogens with zero attached hydrogens (tertiary/aromatic N) is 1. The predicted octanol–water partition coefficient (Wildman–Crippen LogP) is 3.19. The quantitative estimate of drug-likeness (QED) is 0.869. The van der Waals surface area contributed by atoms with E-state index in [4.69, 9.17) is 0 Å². The van der Waals surface area contributed by atoms with E-state index in [0.717, 1.165) is 23.8 Å². The molecule has 1 aromatic carbocycles. The highest BCUT2D eigenvalue weighted by Gasteiger charge is 2.16. The molecule has 0 spiro atoms. The van der Waals surface area contributed by atoms with Gasteiger partial charge in [0.25, 0.3) is 0 Å². The first-order valence-electron chi connectivity index (χ1n) is 6.41. The Bertz CT molecular complexity index is 529. The molecular formula is C15H18N2. The lowest BCUT2D eigenvalue weighted by molar-refractivity contribution is 0.338. The molecule has 1 aromatic heterocycles. The maximum Gasteiger partial charge on any atom is 0.0708 e. The lowest BCUT2D eigenvalue weighted by atomic mass is 9.93. The maximum atomic E-state index is 4.57. The molecule has 1 N–H and O–H groups in total. The molecule has 88 valence electrons. The standard InChI is InChI=1S/C15H18N2/c1-11-9-12(10-16-13-5-4-6-13)14-7-2-3-8-15(14)17-11/h2-3,7-9,13,16H,4-6,10H2,1H3. The van der Waals surface area contributed by atoms with Gasteiger partial charge in [0.05, 0.1) is 5.52 Å². The van der Waals surface area contributed by atoms with E-state index in [1.807, 2.05) is 0 Å². The van der Waals surface area contributed by atoms with E-state index in [0.29, 0.717) is 0 Å². The van der Waals surface area contributed by atoms with Gasteiger partial charge in [-0.3, -0.25) is 4.98 Å². The molecule has 1 aliphatic carbocycles. The van der Waals surface area contributed by atoms with E-state index in [-0.39, 0.29) is 0 Å². The topological polar surface area (TPSA) is 24.9 Å². The highest BCUT2D eigenvalue weighted by molar-refractivity contribution is 5.82. The number of hydrogen-bond acceptors (Lipinski definition) is 2. The van der Waals surface area contributed by atoms with Gasteiger partial charge in [-0.25, -0.2) is 0 Å². The van der Waals surface area contributed by atoms with Crippen LogP contribution in [0.1, 0.15) is 30.5 Å². The van der Waals surface area contributed by atoms with Crippen LogP contribution in [0.3, 0.4) is 0 Å². The van der Waals surface area contributed by atoms with E-state index >= 15 is 0 Å². The van der Waals surface area contributed by atoms with Crippen LogP contribution in [-0.4, -0.2) is 11.0 Å². The zero-order valence-corrected chi connectivity index (χ0v) is 10.2. The fraction of sp³-hybridized carbons (Fsp3) is 0.400. The Morgan fingerprint density at radius 2 is 2.12 bits per heavy atom. The lowest BCUT2D eigenvalue weighted by Crippen LogP contribution is -2.34. The molecule has 0 saturated heterocycles. The molecule has 0 aliphatic heterocycles. The average Bonchev–Trinajstić information content (AvgIpc) is 2.26. The summed E-state index contributed by atoms with van der Waals surface area (Å²) in [5, 5.41) is 4.91. The second-order valence-corrected chi connectivity index (χ2v) is 4.95. The van der Waals surface area contributed by atoms with Gasteiger partial charge < -0.3 is 5.32 Å². The largest absolute Gasteiger partial charge is 0.310 e. The molecule has 1 saturated carbocycles. The van der Waals surface area contributed by atoms with E-state index in [1.165, 1.54) is 30.2 Å². The number of aromatic nitrogens is 1. The van der Waals surface area contributed by atoms with Gasteiger partial charge in [0.1, 0.15) is 0 Å². The van der Waals surface area contributed by atoms with Gasteiger partial charge in [-0.2, -0.15) is 0 Å². The van der Waals surface area contributed by atoms with Crippen LogP contribution in [0.4, 0.5) is 0 Å². The summed E-state index contributed by atoms with van der Waals surface area (Å²) < 4.78 is 0. The third-order valence-electron chi connectivity index (χ3n) is 3.62. The monoisotopic (exact) mass is 226 g/mol. The molecule has 1 fully saturated rings. The summed E-state index contributed by atoms with van der Waals surface area (Å²) in [6.45, 7) is 3.04. The number of rotatable bonds is 3.